The van der Waals surface area contributed by atoms with Crippen molar-refractivity contribution in [2.45, 2.75) is 24.9 Å². The molecule has 3 aromatic carbocycles. The van der Waals surface area contributed by atoms with Crippen LogP contribution in [0, 0.1) is 6.92 Å². The summed E-state index contributed by atoms with van der Waals surface area (Å²) in [6, 6.07) is 26.4. The predicted octanol–water partition coefficient (Wildman–Crippen LogP) is 5.92. The number of rotatable bonds is 6. The van der Waals surface area contributed by atoms with Gasteiger partial charge in [-0.15, -0.1) is 11.8 Å². The molecule has 1 N–H and O–H groups in total. The van der Waals surface area contributed by atoms with E-state index in [1.807, 2.05) is 61.5 Å². The van der Waals surface area contributed by atoms with Gasteiger partial charge in [-0.3, -0.25) is 4.79 Å². The molecule has 1 atom stereocenters. The minimum atomic E-state index is -0.126. The molecular formula is C23H23NOS. The molecule has 0 aliphatic carbocycles. The number of carbonyl (C=O) groups excluding carboxylic acids is 1. The SMILES string of the molecule is Cc1ccccc1CS[C@H](C)C(=O)Nc1ccccc1-c1ccccc1. The van der Waals surface area contributed by atoms with Gasteiger partial charge in [-0.25, -0.2) is 0 Å². The Kier molecular flexibility index (Phi) is 6.13. The van der Waals surface area contributed by atoms with Crippen molar-refractivity contribution in [1.29, 1.82) is 0 Å². The molecule has 2 nitrogen and oxygen atoms in total. The number of carbonyl (C=O) groups is 1. The van der Waals surface area contributed by atoms with E-state index in [1.54, 1.807) is 11.8 Å². The molecule has 0 spiro atoms. The average molecular weight is 362 g/mol. The van der Waals surface area contributed by atoms with Gasteiger partial charge in [0.2, 0.25) is 5.91 Å². The van der Waals surface area contributed by atoms with E-state index in [0.717, 1.165) is 22.6 Å². The number of amides is 1. The van der Waals surface area contributed by atoms with Crippen LogP contribution in [-0.4, -0.2) is 11.2 Å². The molecule has 1 amide bonds. The Morgan fingerprint density at radius 2 is 1.58 bits per heavy atom. The molecule has 0 aliphatic rings. The van der Waals surface area contributed by atoms with Crippen LogP contribution in [0.1, 0.15) is 18.1 Å². The molecule has 0 aromatic heterocycles. The summed E-state index contributed by atoms with van der Waals surface area (Å²) in [6.07, 6.45) is 0. The van der Waals surface area contributed by atoms with Crippen LogP contribution < -0.4 is 5.32 Å². The fourth-order valence-corrected chi connectivity index (χ4v) is 3.72. The standard InChI is InChI=1S/C23H23NOS/c1-17-10-6-7-13-20(17)16-26-18(2)23(25)24-22-15-9-8-14-21(22)19-11-4-3-5-12-19/h3-15,18H,16H2,1-2H3,(H,24,25)/t18-/m1/s1. The molecule has 0 aliphatic heterocycles. The van der Waals surface area contributed by atoms with Crippen molar-refractivity contribution in [3.63, 3.8) is 0 Å². The summed E-state index contributed by atoms with van der Waals surface area (Å²) < 4.78 is 0. The summed E-state index contributed by atoms with van der Waals surface area (Å²) in [6.45, 7) is 4.07. The number of anilines is 1. The Bertz CT molecular complexity index is 876. The first-order valence-corrected chi connectivity index (χ1v) is 9.81. The molecular weight excluding hydrogens is 338 g/mol. The van der Waals surface area contributed by atoms with Gasteiger partial charge in [0.05, 0.1) is 5.25 Å². The molecule has 0 bridgehead atoms. The van der Waals surface area contributed by atoms with E-state index in [9.17, 15) is 4.79 Å². The smallest absolute Gasteiger partial charge is 0.237 e. The molecule has 3 heteroatoms. The summed E-state index contributed by atoms with van der Waals surface area (Å²) in [5.74, 6) is 0.869. The monoisotopic (exact) mass is 361 g/mol. The van der Waals surface area contributed by atoms with Gasteiger partial charge in [0.15, 0.2) is 0 Å². The third-order valence-corrected chi connectivity index (χ3v) is 5.58. The van der Waals surface area contributed by atoms with Crippen LogP contribution in [0.25, 0.3) is 11.1 Å². The van der Waals surface area contributed by atoms with Crippen molar-refractivity contribution in [2.24, 2.45) is 0 Å². The Morgan fingerprint density at radius 1 is 0.923 bits per heavy atom. The lowest BCUT2D eigenvalue weighted by Crippen LogP contribution is -2.23. The van der Waals surface area contributed by atoms with Gasteiger partial charge in [-0.05, 0) is 36.6 Å². The zero-order valence-corrected chi connectivity index (χ0v) is 15.9. The van der Waals surface area contributed by atoms with E-state index in [0.29, 0.717) is 0 Å². The lowest BCUT2D eigenvalue weighted by molar-refractivity contribution is -0.115. The van der Waals surface area contributed by atoms with Crippen molar-refractivity contribution < 1.29 is 4.79 Å². The van der Waals surface area contributed by atoms with Crippen molar-refractivity contribution in [2.75, 3.05) is 5.32 Å². The maximum atomic E-state index is 12.7. The average Bonchev–Trinajstić information content (AvgIpc) is 2.68. The molecule has 0 heterocycles. The van der Waals surface area contributed by atoms with Crippen molar-refractivity contribution in [1.82, 2.24) is 0 Å². The van der Waals surface area contributed by atoms with Crippen LogP contribution in [0.4, 0.5) is 5.69 Å². The highest BCUT2D eigenvalue weighted by Gasteiger charge is 2.16. The lowest BCUT2D eigenvalue weighted by atomic mass is 10.0. The summed E-state index contributed by atoms with van der Waals surface area (Å²) in [5, 5.41) is 2.97. The second kappa shape index (κ2) is 8.72. The molecule has 0 radical (unpaired) electrons. The zero-order valence-electron chi connectivity index (χ0n) is 15.1. The number of benzene rings is 3. The van der Waals surface area contributed by atoms with E-state index in [4.69, 9.17) is 0 Å². The topological polar surface area (TPSA) is 29.1 Å². The van der Waals surface area contributed by atoms with Crippen LogP contribution >= 0.6 is 11.8 Å². The van der Waals surface area contributed by atoms with Gasteiger partial charge in [-0.1, -0.05) is 72.8 Å². The van der Waals surface area contributed by atoms with E-state index in [-0.39, 0.29) is 11.2 Å². The fourth-order valence-electron chi connectivity index (χ4n) is 2.76. The number of hydrogen-bond acceptors (Lipinski definition) is 2. The second-order valence-corrected chi connectivity index (χ2v) is 7.61. The van der Waals surface area contributed by atoms with Crippen LogP contribution in [0.5, 0.6) is 0 Å². The molecule has 0 saturated carbocycles. The zero-order chi connectivity index (χ0) is 18.4. The highest BCUT2D eigenvalue weighted by molar-refractivity contribution is 7.99. The van der Waals surface area contributed by atoms with Crippen LogP contribution in [0.3, 0.4) is 0 Å². The number of thioether (sulfide) groups is 1. The van der Waals surface area contributed by atoms with Crippen molar-refractivity contribution >= 4 is 23.4 Å². The van der Waals surface area contributed by atoms with E-state index >= 15 is 0 Å². The van der Waals surface area contributed by atoms with Crippen LogP contribution in [0.2, 0.25) is 0 Å². The highest BCUT2D eigenvalue weighted by Crippen LogP contribution is 2.28. The largest absolute Gasteiger partial charge is 0.325 e. The van der Waals surface area contributed by atoms with E-state index in [2.05, 4.69) is 36.5 Å². The number of aryl methyl sites for hydroxylation is 1. The van der Waals surface area contributed by atoms with Gasteiger partial charge < -0.3 is 5.32 Å². The van der Waals surface area contributed by atoms with Crippen molar-refractivity contribution in [3.8, 4) is 11.1 Å². The van der Waals surface area contributed by atoms with E-state index in [1.165, 1.54) is 11.1 Å². The van der Waals surface area contributed by atoms with Crippen LogP contribution in [-0.2, 0) is 10.5 Å². The lowest BCUT2D eigenvalue weighted by Gasteiger charge is -2.15. The van der Waals surface area contributed by atoms with Gasteiger partial charge in [0.1, 0.15) is 0 Å². The van der Waals surface area contributed by atoms with Gasteiger partial charge in [0.25, 0.3) is 0 Å². The summed E-state index contributed by atoms with van der Waals surface area (Å²) >= 11 is 1.66. The van der Waals surface area contributed by atoms with Crippen molar-refractivity contribution in [3.05, 3.63) is 90.0 Å². The number of para-hydroxylation sites is 1. The van der Waals surface area contributed by atoms with Gasteiger partial charge >= 0.3 is 0 Å². The quantitative estimate of drug-likeness (QED) is 0.590. The van der Waals surface area contributed by atoms with Gasteiger partial charge in [0, 0.05) is 17.0 Å². The first kappa shape index (κ1) is 18.3. The Balaban J connectivity index is 1.67. The molecule has 3 aromatic rings. The minimum absolute atomic E-state index is 0.0342. The normalized spacial score (nSPS) is 11.8. The summed E-state index contributed by atoms with van der Waals surface area (Å²) in [4.78, 5) is 12.7. The minimum Gasteiger partial charge on any atom is -0.325 e. The van der Waals surface area contributed by atoms with Gasteiger partial charge in [-0.2, -0.15) is 0 Å². The molecule has 0 saturated heterocycles. The Hall–Kier alpha value is -2.52. The molecule has 132 valence electrons. The maximum absolute atomic E-state index is 12.7. The maximum Gasteiger partial charge on any atom is 0.237 e. The summed E-state index contributed by atoms with van der Waals surface area (Å²) in [5.41, 5.74) is 5.54. The summed E-state index contributed by atoms with van der Waals surface area (Å²) in [7, 11) is 0. The highest BCUT2D eigenvalue weighted by atomic mass is 32.2. The second-order valence-electron chi connectivity index (χ2n) is 6.28. The number of hydrogen-bond donors (Lipinski definition) is 1. The predicted molar refractivity (Wildman–Crippen MR) is 112 cm³/mol. The fraction of sp³-hybridized carbons (Fsp3) is 0.174. The molecule has 0 fully saturated rings. The molecule has 26 heavy (non-hydrogen) atoms. The first-order chi connectivity index (χ1) is 12.6. The first-order valence-electron chi connectivity index (χ1n) is 8.76. The Labute approximate surface area is 159 Å². The Morgan fingerprint density at radius 3 is 2.35 bits per heavy atom. The van der Waals surface area contributed by atoms with Crippen LogP contribution in [0.15, 0.2) is 78.9 Å². The molecule has 0 unspecified atom stereocenters. The van der Waals surface area contributed by atoms with E-state index < -0.39 is 0 Å². The third-order valence-electron chi connectivity index (χ3n) is 4.39. The third kappa shape index (κ3) is 4.55. The molecule has 3 rings (SSSR count). The number of nitrogens with one attached hydrogen (secondary N) is 1.